The highest BCUT2D eigenvalue weighted by Crippen LogP contribution is 2.24. The molecule has 0 bridgehead atoms. The zero-order chi connectivity index (χ0) is 18.5. The minimum Gasteiger partial charge on any atom is -0.287 e. The van der Waals surface area contributed by atoms with Crippen molar-refractivity contribution in [3.63, 3.8) is 0 Å². The number of hydrogen-bond acceptors (Lipinski definition) is 4. The number of hydrogen-bond donors (Lipinski definition) is 0. The average Bonchev–Trinajstić information content (AvgIpc) is 3.15. The highest BCUT2D eigenvalue weighted by molar-refractivity contribution is 7.17. The molecule has 0 spiro atoms. The van der Waals surface area contributed by atoms with Gasteiger partial charge in [0.1, 0.15) is 5.71 Å². The zero-order valence-electron chi connectivity index (χ0n) is 14.4. The molecule has 4 aromatic rings. The number of carbonyl (C=O) groups excluding carboxylic acids is 1. The maximum absolute atomic E-state index is 12.9. The molecule has 0 atom stereocenters. The van der Waals surface area contributed by atoms with Gasteiger partial charge in [-0.25, -0.2) is 0 Å². The van der Waals surface area contributed by atoms with Crippen molar-refractivity contribution in [2.45, 2.75) is 0 Å². The smallest absolute Gasteiger partial charge is 0.213 e. The molecule has 0 aliphatic carbocycles. The molecular weight excluding hydrogens is 352 g/mol. The summed E-state index contributed by atoms with van der Waals surface area (Å²) in [5.74, 6) is -0.144. The van der Waals surface area contributed by atoms with Gasteiger partial charge in [0.05, 0.1) is 6.21 Å². The van der Waals surface area contributed by atoms with Gasteiger partial charge >= 0.3 is 0 Å². The normalized spacial score (nSPS) is 11.9. The van der Waals surface area contributed by atoms with E-state index in [0.29, 0.717) is 11.3 Å². The Hall–Kier alpha value is -3.37. The second-order valence-corrected chi connectivity index (χ2v) is 6.85. The lowest BCUT2D eigenvalue weighted by atomic mass is 10.0. The molecule has 0 saturated heterocycles. The molecule has 3 aromatic carbocycles. The number of thiophene rings is 1. The fraction of sp³-hybridized carbons (Fsp3) is 0. The fourth-order valence-corrected chi connectivity index (χ4v) is 3.72. The van der Waals surface area contributed by atoms with E-state index in [9.17, 15) is 4.79 Å². The van der Waals surface area contributed by atoms with Crippen LogP contribution in [-0.2, 0) is 0 Å². The summed E-state index contributed by atoms with van der Waals surface area (Å²) in [6.45, 7) is 0. The molecule has 0 N–H and O–H groups in total. The summed E-state index contributed by atoms with van der Waals surface area (Å²) in [7, 11) is 0. The van der Waals surface area contributed by atoms with Crippen LogP contribution in [0.15, 0.2) is 101 Å². The van der Waals surface area contributed by atoms with E-state index >= 15 is 0 Å². The van der Waals surface area contributed by atoms with Crippen molar-refractivity contribution in [3.8, 4) is 0 Å². The molecule has 27 heavy (non-hydrogen) atoms. The van der Waals surface area contributed by atoms with Crippen LogP contribution in [0.5, 0.6) is 0 Å². The van der Waals surface area contributed by atoms with Crippen LogP contribution in [0.3, 0.4) is 0 Å². The van der Waals surface area contributed by atoms with Gasteiger partial charge in [-0.2, -0.15) is 5.10 Å². The lowest BCUT2D eigenvalue weighted by Gasteiger charge is -2.04. The monoisotopic (exact) mass is 368 g/mol. The third-order valence-corrected chi connectivity index (χ3v) is 5.15. The molecule has 0 saturated carbocycles. The first-order valence-corrected chi connectivity index (χ1v) is 9.43. The molecule has 1 aromatic heterocycles. The van der Waals surface area contributed by atoms with E-state index < -0.39 is 0 Å². The Morgan fingerprint density at radius 2 is 1.41 bits per heavy atom. The summed E-state index contributed by atoms with van der Waals surface area (Å²) < 4.78 is 1.20. The van der Waals surface area contributed by atoms with E-state index in [1.807, 2.05) is 66.0 Å². The Bertz CT molecular complexity index is 1130. The van der Waals surface area contributed by atoms with Crippen molar-refractivity contribution in [1.29, 1.82) is 0 Å². The predicted molar refractivity (Wildman–Crippen MR) is 113 cm³/mol. The van der Waals surface area contributed by atoms with Gasteiger partial charge in [-0.1, -0.05) is 78.9 Å². The Kier molecular flexibility index (Phi) is 4.99. The molecule has 4 rings (SSSR count). The topological polar surface area (TPSA) is 41.8 Å². The number of fused-ring (bicyclic) bond motifs is 1. The van der Waals surface area contributed by atoms with Crippen LogP contribution in [0.25, 0.3) is 10.1 Å². The Morgan fingerprint density at radius 3 is 2.15 bits per heavy atom. The maximum Gasteiger partial charge on any atom is 0.213 e. The summed E-state index contributed by atoms with van der Waals surface area (Å²) in [6.07, 6.45) is 1.71. The SMILES string of the molecule is O=C(/C(=N\N=C\c1csc2ccccc12)c1ccccc1)c1ccccc1. The molecule has 0 aliphatic heterocycles. The van der Waals surface area contributed by atoms with Gasteiger partial charge < -0.3 is 0 Å². The first kappa shape index (κ1) is 17.1. The summed E-state index contributed by atoms with van der Waals surface area (Å²) in [6, 6.07) is 26.7. The lowest BCUT2D eigenvalue weighted by Crippen LogP contribution is -2.15. The number of Topliss-reactive ketones (excluding diaryl/α,β-unsaturated/α-hetero) is 1. The predicted octanol–water partition coefficient (Wildman–Crippen LogP) is 5.61. The standard InChI is InChI=1S/C23H16N2OS/c26-23(18-11-5-2-6-12-18)22(17-9-3-1-4-10-17)25-24-15-19-16-27-21-14-8-7-13-20(19)21/h1-16H/b24-15+,25-22-. The number of rotatable bonds is 5. The highest BCUT2D eigenvalue weighted by Gasteiger charge is 2.16. The van der Waals surface area contributed by atoms with Crippen LogP contribution in [0.2, 0.25) is 0 Å². The number of benzene rings is 3. The highest BCUT2D eigenvalue weighted by atomic mass is 32.1. The van der Waals surface area contributed by atoms with E-state index in [0.717, 1.165) is 16.5 Å². The number of ketones is 1. The van der Waals surface area contributed by atoms with Crippen molar-refractivity contribution < 1.29 is 4.79 Å². The van der Waals surface area contributed by atoms with E-state index in [1.165, 1.54) is 4.70 Å². The fourth-order valence-electron chi connectivity index (χ4n) is 2.80. The van der Waals surface area contributed by atoms with Crippen LogP contribution in [0, 0.1) is 0 Å². The second kappa shape index (κ2) is 7.89. The van der Waals surface area contributed by atoms with Crippen LogP contribution in [0.4, 0.5) is 0 Å². The number of nitrogens with zero attached hydrogens (tertiary/aromatic N) is 2. The summed E-state index contributed by atoms with van der Waals surface area (Å²) in [5.41, 5.74) is 2.67. The van der Waals surface area contributed by atoms with Crippen LogP contribution in [-0.4, -0.2) is 17.7 Å². The molecular formula is C23H16N2OS. The zero-order valence-corrected chi connectivity index (χ0v) is 15.3. The van der Waals surface area contributed by atoms with E-state index in [1.54, 1.807) is 29.7 Å². The van der Waals surface area contributed by atoms with Crippen molar-refractivity contribution in [3.05, 3.63) is 107 Å². The summed E-state index contributed by atoms with van der Waals surface area (Å²) in [5, 5.41) is 11.7. The lowest BCUT2D eigenvalue weighted by molar-refractivity contribution is 0.106. The first-order chi connectivity index (χ1) is 13.3. The van der Waals surface area contributed by atoms with Crippen LogP contribution < -0.4 is 0 Å². The van der Waals surface area contributed by atoms with Gasteiger partial charge in [0.25, 0.3) is 0 Å². The van der Waals surface area contributed by atoms with Gasteiger partial charge in [0.2, 0.25) is 5.78 Å². The van der Waals surface area contributed by atoms with Gasteiger partial charge in [0, 0.05) is 32.2 Å². The molecule has 1 heterocycles. The van der Waals surface area contributed by atoms with Crippen molar-refractivity contribution in [2.24, 2.45) is 10.2 Å². The Labute approximate surface area is 161 Å². The van der Waals surface area contributed by atoms with E-state index in [4.69, 9.17) is 0 Å². The Morgan fingerprint density at radius 1 is 0.778 bits per heavy atom. The van der Waals surface area contributed by atoms with Gasteiger partial charge in [-0.15, -0.1) is 16.4 Å². The third kappa shape index (κ3) is 3.76. The van der Waals surface area contributed by atoms with Crippen molar-refractivity contribution in [2.75, 3.05) is 0 Å². The van der Waals surface area contributed by atoms with Crippen molar-refractivity contribution in [1.82, 2.24) is 0 Å². The minimum atomic E-state index is -0.144. The largest absolute Gasteiger partial charge is 0.287 e. The van der Waals surface area contributed by atoms with Gasteiger partial charge in [-0.05, 0) is 6.07 Å². The van der Waals surface area contributed by atoms with E-state index in [-0.39, 0.29) is 5.78 Å². The molecule has 0 fully saturated rings. The van der Waals surface area contributed by atoms with Crippen molar-refractivity contribution >= 4 is 39.1 Å². The minimum absolute atomic E-state index is 0.144. The Balaban J connectivity index is 1.71. The molecule has 0 aliphatic rings. The summed E-state index contributed by atoms with van der Waals surface area (Å²) >= 11 is 1.67. The number of carbonyl (C=O) groups is 1. The first-order valence-electron chi connectivity index (χ1n) is 8.55. The van der Waals surface area contributed by atoms with Gasteiger partial charge in [0.15, 0.2) is 0 Å². The van der Waals surface area contributed by atoms with Crippen LogP contribution in [0.1, 0.15) is 21.5 Å². The average molecular weight is 368 g/mol. The van der Waals surface area contributed by atoms with Crippen LogP contribution >= 0.6 is 11.3 Å². The molecule has 3 nitrogen and oxygen atoms in total. The quantitative estimate of drug-likeness (QED) is 0.256. The molecule has 0 unspecified atom stereocenters. The molecule has 4 heteroatoms. The maximum atomic E-state index is 12.9. The second-order valence-electron chi connectivity index (χ2n) is 5.94. The van der Waals surface area contributed by atoms with Gasteiger partial charge in [-0.3, -0.25) is 4.79 Å². The van der Waals surface area contributed by atoms with E-state index in [2.05, 4.69) is 22.3 Å². The molecule has 130 valence electrons. The molecule has 0 amide bonds. The molecule has 0 radical (unpaired) electrons. The summed E-state index contributed by atoms with van der Waals surface area (Å²) in [4.78, 5) is 12.9. The third-order valence-electron chi connectivity index (χ3n) is 4.16.